The topological polar surface area (TPSA) is 178 Å². The van der Waals surface area contributed by atoms with E-state index in [9.17, 15) is 33.9 Å². The number of aliphatic hydroxyl groups is 1. The van der Waals surface area contributed by atoms with Crippen molar-refractivity contribution in [2.24, 2.45) is 5.41 Å². The van der Waals surface area contributed by atoms with E-state index in [4.69, 9.17) is 28.4 Å². The van der Waals surface area contributed by atoms with Crippen molar-refractivity contribution in [3.8, 4) is 0 Å². The van der Waals surface area contributed by atoms with Gasteiger partial charge < -0.3 is 33.5 Å². The standard InChI is InChI=1S/C50H90O13/c1-4-7-10-13-16-28-37-58-44(52)31-22-19-25-34-47(55)61-41-50(40-51,42-62-48(56)35-26-20-23-32-45(53)59-38-29-17-14-11-8-5-2)43-63-49(57)36-27-21-24-33-46(54)60-39-30-18-15-12-9-6-3/h51H,4-43H2,1-3H3. The zero-order chi connectivity index (χ0) is 46.5. The smallest absolute Gasteiger partial charge is 0.305 e. The number of carbonyl (C=O) groups is 6. The Hall–Kier alpha value is -3.22. The van der Waals surface area contributed by atoms with Gasteiger partial charge in [0.05, 0.1) is 31.8 Å². The van der Waals surface area contributed by atoms with Gasteiger partial charge >= 0.3 is 35.8 Å². The first-order chi connectivity index (χ1) is 30.6. The SMILES string of the molecule is CCCCCCCCOC(=O)CCCCCC(=O)OCC(CO)(COC(=O)CCCCCC(=O)OCCCCCCCC)COC(=O)CCCCCC(=O)OCCCCCCCC. The first-order valence-corrected chi connectivity index (χ1v) is 25.2. The Bertz CT molecular complexity index is 1020. The van der Waals surface area contributed by atoms with Crippen molar-refractivity contribution in [3.05, 3.63) is 0 Å². The second-order valence-corrected chi connectivity index (χ2v) is 17.3. The summed E-state index contributed by atoms with van der Waals surface area (Å²) in [6, 6.07) is 0. The van der Waals surface area contributed by atoms with E-state index in [0.29, 0.717) is 77.6 Å². The van der Waals surface area contributed by atoms with Gasteiger partial charge in [-0.3, -0.25) is 28.8 Å². The summed E-state index contributed by atoms with van der Waals surface area (Å²) in [7, 11) is 0. The van der Waals surface area contributed by atoms with Gasteiger partial charge in [-0.2, -0.15) is 0 Å². The largest absolute Gasteiger partial charge is 0.466 e. The number of rotatable bonds is 46. The van der Waals surface area contributed by atoms with E-state index >= 15 is 0 Å². The lowest BCUT2D eigenvalue weighted by Gasteiger charge is -2.30. The average Bonchev–Trinajstić information content (AvgIpc) is 3.27. The maximum atomic E-state index is 12.7. The van der Waals surface area contributed by atoms with Gasteiger partial charge in [-0.25, -0.2) is 0 Å². The lowest BCUT2D eigenvalue weighted by atomic mass is 9.92. The summed E-state index contributed by atoms with van der Waals surface area (Å²) >= 11 is 0. The summed E-state index contributed by atoms with van der Waals surface area (Å²) in [4.78, 5) is 74.3. The molecular formula is C50H90O13. The van der Waals surface area contributed by atoms with Crippen molar-refractivity contribution in [1.29, 1.82) is 0 Å². The summed E-state index contributed by atoms with van der Waals surface area (Å²) in [6.07, 6.45) is 26.3. The molecule has 0 bridgehead atoms. The minimum absolute atomic E-state index is 0.0903. The number of carbonyl (C=O) groups excluding carboxylic acids is 6. The Morgan fingerprint density at radius 2 is 0.508 bits per heavy atom. The molecule has 0 atom stereocenters. The minimum atomic E-state index is -1.37. The van der Waals surface area contributed by atoms with Crippen LogP contribution in [0, 0.1) is 5.41 Å². The molecule has 0 radical (unpaired) electrons. The molecule has 0 aliphatic carbocycles. The molecule has 0 rings (SSSR count). The Kier molecular flexibility index (Phi) is 41.8. The van der Waals surface area contributed by atoms with Gasteiger partial charge in [0.1, 0.15) is 19.8 Å². The number of hydrogen-bond donors (Lipinski definition) is 1. The van der Waals surface area contributed by atoms with E-state index in [1.54, 1.807) is 0 Å². The fraction of sp³-hybridized carbons (Fsp3) is 0.880. The fourth-order valence-corrected chi connectivity index (χ4v) is 6.75. The molecular weight excluding hydrogens is 809 g/mol. The lowest BCUT2D eigenvalue weighted by molar-refractivity contribution is -0.165. The highest BCUT2D eigenvalue weighted by Crippen LogP contribution is 2.22. The molecule has 0 fully saturated rings. The molecule has 0 aromatic carbocycles. The van der Waals surface area contributed by atoms with Crippen LogP contribution in [0.25, 0.3) is 0 Å². The molecule has 0 heterocycles. The van der Waals surface area contributed by atoms with Crippen molar-refractivity contribution in [2.75, 3.05) is 46.2 Å². The van der Waals surface area contributed by atoms with Crippen LogP contribution < -0.4 is 0 Å². The van der Waals surface area contributed by atoms with Crippen molar-refractivity contribution in [1.82, 2.24) is 0 Å². The van der Waals surface area contributed by atoms with Gasteiger partial charge in [0.15, 0.2) is 0 Å². The summed E-state index contributed by atoms with van der Waals surface area (Å²) in [6.45, 7) is 6.23. The molecule has 0 aliphatic heterocycles. The molecule has 368 valence electrons. The molecule has 0 aromatic heterocycles. The van der Waals surface area contributed by atoms with Crippen LogP contribution in [-0.2, 0) is 57.2 Å². The first kappa shape index (κ1) is 59.8. The van der Waals surface area contributed by atoms with Crippen molar-refractivity contribution >= 4 is 35.8 Å². The quantitative estimate of drug-likeness (QED) is 0.0347. The molecule has 13 heteroatoms. The monoisotopic (exact) mass is 899 g/mol. The predicted molar refractivity (Wildman–Crippen MR) is 245 cm³/mol. The molecule has 0 unspecified atom stereocenters. The average molecular weight is 899 g/mol. The Labute approximate surface area is 381 Å². The second-order valence-electron chi connectivity index (χ2n) is 17.3. The molecule has 63 heavy (non-hydrogen) atoms. The summed E-state index contributed by atoms with van der Waals surface area (Å²) in [5.41, 5.74) is -1.37. The van der Waals surface area contributed by atoms with E-state index in [1.165, 1.54) is 57.8 Å². The van der Waals surface area contributed by atoms with Crippen molar-refractivity contribution in [2.45, 2.75) is 233 Å². The molecule has 0 aliphatic rings. The molecule has 1 N–H and O–H groups in total. The Balaban J connectivity index is 4.78. The molecule has 0 spiro atoms. The maximum absolute atomic E-state index is 12.7. The van der Waals surface area contributed by atoms with Crippen LogP contribution in [0.3, 0.4) is 0 Å². The Morgan fingerprint density at radius 3 is 0.746 bits per heavy atom. The van der Waals surface area contributed by atoms with Crippen LogP contribution >= 0.6 is 0 Å². The Morgan fingerprint density at radius 1 is 0.302 bits per heavy atom. The summed E-state index contributed by atoms with van der Waals surface area (Å²) in [5, 5.41) is 10.5. The third-order valence-electron chi connectivity index (χ3n) is 11.0. The zero-order valence-corrected chi connectivity index (χ0v) is 40.1. The lowest BCUT2D eigenvalue weighted by Crippen LogP contribution is -2.42. The summed E-state index contributed by atoms with van der Waals surface area (Å²) < 4.78 is 32.5. The van der Waals surface area contributed by atoms with Gasteiger partial charge in [-0.05, 0) is 57.8 Å². The first-order valence-electron chi connectivity index (χ1n) is 25.2. The minimum Gasteiger partial charge on any atom is -0.466 e. The number of aliphatic hydroxyl groups excluding tert-OH is 1. The van der Waals surface area contributed by atoms with Gasteiger partial charge in [0.25, 0.3) is 0 Å². The van der Waals surface area contributed by atoms with Crippen LogP contribution in [0.2, 0.25) is 0 Å². The number of unbranched alkanes of at least 4 members (excludes halogenated alkanes) is 21. The second kappa shape index (κ2) is 44.0. The van der Waals surface area contributed by atoms with Gasteiger partial charge in [0, 0.05) is 38.5 Å². The number of esters is 6. The van der Waals surface area contributed by atoms with E-state index in [2.05, 4.69) is 20.8 Å². The van der Waals surface area contributed by atoms with Crippen LogP contribution in [-0.4, -0.2) is 87.2 Å². The van der Waals surface area contributed by atoms with E-state index in [-0.39, 0.29) is 76.3 Å². The van der Waals surface area contributed by atoms with Gasteiger partial charge in [-0.1, -0.05) is 136 Å². The number of ether oxygens (including phenoxy) is 6. The highest BCUT2D eigenvalue weighted by molar-refractivity contribution is 5.71. The van der Waals surface area contributed by atoms with E-state index in [0.717, 1.165) is 57.8 Å². The fourth-order valence-electron chi connectivity index (χ4n) is 6.75. The molecule has 0 amide bonds. The van der Waals surface area contributed by atoms with E-state index < -0.39 is 29.9 Å². The third-order valence-corrected chi connectivity index (χ3v) is 11.0. The normalized spacial score (nSPS) is 11.2. The highest BCUT2D eigenvalue weighted by atomic mass is 16.6. The van der Waals surface area contributed by atoms with Gasteiger partial charge in [-0.15, -0.1) is 0 Å². The summed E-state index contributed by atoms with van der Waals surface area (Å²) in [5.74, 6) is -2.27. The third kappa shape index (κ3) is 40.1. The molecule has 0 aromatic rings. The zero-order valence-electron chi connectivity index (χ0n) is 40.1. The van der Waals surface area contributed by atoms with Crippen molar-refractivity contribution < 1.29 is 62.3 Å². The van der Waals surface area contributed by atoms with Crippen LogP contribution in [0.15, 0.2) is 0 Å². The van der Waals surface area contributed by atoms with Gasteiger partial charge in [0.2, 0.25) is 0 Å². The van der Waals surface area contributed by atoms with E-state index in [1.807, 2.05) is 0 Å². The molecule has 0 saturated heterocycles. The van der Waals surface area contributed by atoms with Crippen LogP contribution in [0.1, 0.15) is 233 Å². The maximum Gasteiger partial charge on any atom is 0.305 e. The molecule has 13 nitrogen and oxygen atoms in total. The van der Waals surface area contributed by atoms with Crippen LogP contribution in [0.5, 0.6) is 0 Å². The molecule has 0 saturated carbocycles. The highest BCUT2D eigenvalue weighted by Gasteiger charge is 2.35. The van der Waals surface area contributed by atoms with Crippen molar-refractivity contribution in [3.63, 3.8) is 0 Å². The van der Waals surface area contributed by atoms with Crippen LogP contribution in [0.4, 0.5) is 0 Å². The predicted octanol–water partition coefficient (Wildman–Crippen LogP) is 11.2. The number of hydrogen-bond acceptors (Lipinski definition) is 13.